The highest BCUT2D eigenvalue weighted by Gasteiger charge is 2.18. The number of nitrogens with one attached hydrogen (secondary N) is 1. The molecule has 2 aromatic rings. The number of nitrogens with zero attached hydrogens (tertiary/aromatic N) is 4. The van der Waals surface area contributed by atoms with Gasteiger partial charge in [0.15, 0.2) is 5.82 Å². The number of benzene rings is 1. The normalized spacial score (nSPS) is 15.0. The van der Waals surface area contributed by atoms with E-state index in [4.69, 9.17) is 21.1 Å². The molecule has 1 fully saturated rings. The molecular formula is C16H20ClN5O4S. The van der Waals surface area contributed by atoms with Crippen LogP contribution in [-0.4, -0.2) is 56.8 Å². The van der Waals surface area contributed by atoms with Crippen molar-refractivity contribution in [2.45, 2.75) is 12.3 Å². The molecule has 11 heteroatoms. The summed E-state index contributed by atoms with van der Waals surface area (Å²) in [6, 6.07) is 6.78. The van der Waals surface area contributed by atoms with Gasteiger partial charge in [-0.15, -0.1) is 0 Å². The number of hydrogen-bond acceptors (Lipinski definition) is 8. The minimum Gasteiger partial charge on any atom is -0.467 e. The Morgan fingerprint density at radius 1 is 1.19 bits per heavy atom. The maximum absolute atomic E-state index is 12.3. The van der Waals surface area contributed by atoms with Gasteiger partial charge in [-0.25, -0.2) is 13.1 Å². The number of sulfonamides is 1. The molecule has 1 saturated heterocycles. The number of anilines is 1. The third kappa shape index (κ3) is 5.73. The first kappa shape index (κ1) is 19.7. The second-order valence-corrected chi connectivity index (χ2v) is 8.09. The van der Waals surface area contributed by atoms with E-state index in [1.54, 1.807) is 24.3 Å². The van der Waals surface area contributed by atoms with Crippen molar-refractivity contribution in [3.05, 3.63) is 40.7 Å². The van der Waals surface area contributed by atoms with E-state index < -0.39 is 10.0 Å². The number of rotatable bonds is 7. The van der Waals surface area contributed by atoms with Crippen molar-refractivity contribution < 1.29 is 17.9 Å². The Morgan fingerprint density at radius 3 is 2.56 bits per heavy atom. The van der Waals surface area contributed by atoms with Crippen molar-refractivity contribution in [1.29, 1.82) is 0 Å². The van der Waals surface area contributed by atoms with Gasteiger partial charge in [0.25, 0.3) is 0 Å². The smallest absolute Gasteiger partial charge is 0.321 e. The Labute approximate surface area is 162 Å². The van der Waals surface area contributed by atoms with Crippen molar-refractivity contribution >= 4 is 27.6 Å². The molecule has 1 aliphatic heterocycles. The maximum Gasteiger partial charge on any atom is 0.321 e. The summed E-state index contributed by atoms with van der Waals surface area (Å²) in [6.45, 7) is 2.39. The van der Waals surface area contributed by atoms with E-state index in [0.717, 1.165) is 0 Å². The van der Waals surface area contributed by atoms with Crippen molar-refractivity contribution in [3.63, 3.8) is 0 Å². The maximum atomic E-state index is 12.3. The summed E-state index contributed by atoms with van der Waals surface area (Å²) in [5, 5.41) is 0.553. The van der Waals surface area contributed by atoms with Crippen LogP contribution >= 0.6 is 11.6 Å². The van der Waals surface area contributed by atoms with Crippen LogP contribution in [0.15, 0.2) is 24.3 Å². The van der Waals surface area contributed by atoms with Crippen LogP contribution in [0.1, 0.15) is 11.4 Å². The quantitative estimate of drug-likeness (QED) is 0.716. The third-order valence-corrected chi connectivity index (χ3v) is 5.40. The van der Waals surface area contributed by atoms with E-state index in [-0.39, 0.29) is 24.1 Å². The SMILES string of the molecule is COc1nc(CNS(=O)(=O)Cc2ccc(Cl)cc2)nc(N2CCOCC2)n1. The molecule has 1 aromatic carbocycles. The second kappa shape index (κ2) is 8.79. The first-order valence-corrected chi connectivity index (χ1v) is 10.3. The Kier molecular flexibility index (Phi) is 6.42. The summed E-state index contributed by atoms with van der Waals surface area (Å²) in [5.74, 6) is 0.558. The molecule has 0 bridgehead atoms. The topological polar surface area (TPSA) is 107 Å². The van der Waals surface area contributed by atoms with Crippen LogP contribution in [0.2, 0.25) is 5.02 Å². The molecule has 0 atom stereocenters. The van der Waals surface area contributed by atoms with Crippen LogP contribution in [0, 0.1) is 0 Å². The van der Waals surface area contributed by atoms with Crippen LogP contribution in [0.5, 0.6) is 6.01 Å². The number of methoxy groups -OCH3 is 1. The zero-order valence-corrected chi connectivity index (χ0v) is 16.3. The minimum absolute atomic E-state index is 0.0634. The van der Waals surface area contributed by atoms with Crippen molar-refractivity contribution in [1.82, 2.24) is 19.7 Å². The number of aromatic nitrogens is 3. The third-order valence-electron chi connectivity index (χ3n) is 3.85. The van der Waals surface area contributed by atoms with E-state index in [1.807, 2.05) is 4.90 Å². The Bertz CT molecular complexity index is 873. The van der Waals surface area contributed by atoms with E-state index in [9.17, 15) is 8.42 Å². The molecule has 1 aromatic heterocycles. The van der Waals surface area contributed by atoms with Gasteiger partial charge in [0.1, 0.15) is 0 Å². The molecule has 0 aliphatic carbocycles. The minimum atomic E-state index is -3.57. The lowest BCUT2D eigenvalue weighted by Gasteiger charge is -2.26. The molecule has 0 unspecified atom stereocenters. The van der Waals surface area contributed by atoms with Crippen molar-refractivity contribution in [2.75, 3.05) is 38.3 Å². The van der Waals surface area contributed by atoms with Gasteiger partial charge in [-0.2, -0.15) is 15.0 Å². The largest absolute Gasteiger partial charge is 0.467 e. The fourth-order valence-corrected chi connectivity index (χ4v) is 3.70. The van der Waals surface area contributed by atoms with Crippen LogP contribution in [0.3, 0.4) is 0 Å². The Hall–Kier alpha value is -2.01. The molecule has 0 saturated carbocycles. The predicted molar refractivity (Wildman–Crippen MR) is 100 cm³/mol. The number of ether oxygens (including phenoxy) is 2. The van der Waals surface area contributed by atoms with Gasteiger partial charge in [0.05, 0.1) is 32.6 Å². The van der Waals surface area contributed by atoms with Crippen LogP contribution in [0.25, 0.3) is 0 Å². The standard InChI is InChI=1S/C16H20ClN5O4S/c1-25-16-20-14(19-15(21-16)22-6-8-26-9-7-22)10-18-27(23,24)11-12-2-4-13(17)5-3-12/h2-5,18H,6-11H2,1H3. The predicted octanol–water partition coefficient (Wildman–Crippen LogP) is 0.990. The van der Waals surface area contributed by atoms with Crippen LogP contribution in [-0.2, 0) is 27.1 Å². The molecular weight excluding hydrogens is 394 g/mol. The van der Waals surface area contributed by atoms with Gasteiger partial charge in [-0.3, -0.25) is 0 Å². The lowest BCUT2D eigenvalue weighted by atomic mass is 10.2. The fraction of sp³-hybridized carbons (Fsp3) is 0.438. The average Bonchev–Trinajstić information content (AvgIpc) is 2.68. The van der Waals surface area contributed by atoms with Gasteiger partial charge < -0.3 is 14.4 Å². The first-order chi connectivity index (χ1) is 12.9. The molecule has 0 spiro atoms. The van der Waals surface area contributed by atoms with E-state index in [0.29, 0.717) is 42.8 Å². The molecule has 0 amide bonds. The van der Waals surface area contributed by atoms with E-state index in [1.165, 1.54) is 7.11 Å². The lowest BCUT2D eigenvalue weighted by Crippen LogP contribution is -2.37. The monoisotopic (exact) mass is 413 g/mol. The van der Waals surface area contributed by atoms with Crippen molar-refractivity contribution in [3.8, 4) is 6.01 Å². The molecule has 0 radical (unpaired) electrons. The summed E-state index contributed by atoms with van der Waals surface area (Å²) < 4.78 is 37.6. The lowest BCUT2D eigenvalue weighted by molar-refractivity contribution is 0.122. The molecule has 2 heterocycles. The molecule has 9 nitrogen and oxygen atoms in total. The second-order valence-electron chi connectivity index (χ2n) is 5.84. The van der Waals surface area contributed by atoms with Gasteiger partial charge in [-0.1, -0.05) is 23.7 Å². The molecule has 27 heavy (non-hydrogen) atoms. The molecule has 1 N–H and O–H groups in total. The Morgan fingerprint density at radius 2 is 1.89 bits per heavy atom. The summed E-state index contributed by atoms with van der Waals surface area (Å²) in [5.41, 5.74) is 0.633. The van der Waals surface area contributed by atoms with E-state index >= 15 is 0 Å². The first-order valence-electron chi connectivity index (χ1n) is 8.28. The highest BCUT2D eigenvalue weighted by atomic mass is 35.5. The zero-order valence-electron chi connectivity index (χ0n) is 14.8. The summed E-state index contributed by atoms with van der Waals surface area (Å²) in [7, 11) is -2.12. The highest BCUT2D eigenvalue weighted by molar-refractivity contribution is 7.88. The Balaban J connectivity index is 1.69. The van der Waals surface area contributed by atoms with Gasteiger partial charge in [0.2, 0.25) is 16.0 Å². The summed E-state index contributed by atoms with van der Waals surface area (Å²) in [4.78, 5) is 14.6. The molecule has 146 valence electrons. The highest BCUT2D eigenvalue weighted by Crippen LogP contribution is 2.15. The molecule has 1 aliphatic rings. The summed E-state index contributed by atoms with van der Waals surface area (Å²) >= 11 is 5.82. The molecule has 3 rings (SSSR count). The van der Waals surface area contributed by atoms with Crippen LogP contribution < -0.4 is 14.4 Å². The zero-order chi connectivity index (χ0) is 19.3. The fourth-order valence-electron chi connectivity index (χ4n) is 2.49. The van der Waals surface area contributed by atoms with Crippen LogP contribution in [0.4, 0.5) is 5.95 Å². The number of halogens is 1. The van der Waals surface area contributed by atoms with Gasteiger partial charge >= 0.3 is 6.01 Å². The number of morpholine rings is 1. The van der Waals surface area contributed by atoms with Gasteiger partial charge in [0, 0.05) is 18.1 Å². The van der Waals surface area contributed by atoms with Gasteiger partial charge in [-0.05, 0) is 17.7 Å². The summed E-state index contributed by atoms with van der Waals surface area (Å²) in [6.07, 6.45) is 0. The average molecular weight is 414 g/mol. The van der Waals surface area contributed by atoms with E-state index in [2.05, 4.69) is 19.7 Å². The van der Waals surface area contributed by atoms with Crippen molar-refractivity contribution in [2.24, 2.45) is 0 Å². The number of hydrogen-bond donors (Lipinski definition) is 1.